The SMILES string of the molecule is COc1ccc2c(=O)c3cc(OCCCCCC(=O)Cl)c(OC)cc3sc2c1. The molecule has 1 heterocycles. The summed E-state index contributed by atoms with van der Waals surface area (Å²) in [6, 6.07) is 9.02. The molecule has 5 nitrogen and oxygen atoms in total. The number of ether oxygens (including phenoxy) is 3. The van der Waals surface area contributed by atoms with Crippen molar-refractivity contribution in [3.63, 3.8) is 0 Å². The van der Waals surface area contributed by atoms with E-state index in [4.69, 9.17) is 25.8 Å². The van der Waals surface area contributed by atoms with Crippen molar-refractivity contribution in [2.45, 2.75) is 25.7 Å². The fourth-order valence-corrected chi connectivity index (χ4v) is 4.21. The lowest BCUT2D eigenvalue weighted by Gasteiger charge is -2.12. The standard InChI is InChI=1S/C21H21ClO5S/c1-25-13-7-8-14-18(10-13)28-19-12-16(26-2)17(11-15(19)21(14)24)27-9-5-3-4-6-20(22)23/h7-8,10-12H,3-6,9H2,1-2H3. The Kier molecular flexibility index (Phi) is 6.75. The smallest absolute Gasteiger partial charge is 0.221 e. The van der Waals surface area contributed by atoms with E-state index >= 15 is 0 Å². The van der Waals surface area contributed by atoms with Crippen LogP contribution in [0, 0.1) is 0 Å². The van der Waals surface area contributed by atoms with Crippen molar-refractivity contribution in [2.24, 2.45) is 0 Å². The van der Waals surface area contributed by atoms with Gasteiger partial charge in [-0.05, 0) is 55.1 Å². The zero-order valence-electron chi connectivity index (χ0n) is 15.7. The zero-order valence-corrected chi connectivity index (χ0v) is 17.3. The molecule has 0 aliphatic rings. The van der Waals surface area contributed by atoms with Gasteiger partial charge in [0.25, 0.3) is 0 Å². The average molecular weight is 421 g/mol. The number of halogens is 1. The fourth-order valence-electron chi connectivity index (χ4n) is 2.97. The van der Waals surface area contributed by atoms with Crippen molar-refractivity contribution in [1.29, 1.82) is 0 Å². The molecular formula is C21H21ClO5S. The summed E-state index contributed by atoms with van der Waals surface area (Å²) in [7, 11) is 3.18. The number of unbranched alkanes of at least 4 members (excludes halogenated alkanes) is 2. The van der Waals surface area contributed by atoms with Crippen molar-refractivity contribution >= 4 is 48.4 Å². The van der Waals surface area contributed by atoms with Gasteiger partial charge in [-0.2, -0.15) is 0 Å². The summed E-state index contributed by atoms with van der Waals surface area (Å²) < 4.78 is 18.3. The molecule has 0 spiro atoms. The van der Waals surface area contributed by atoms with Gasteiger partial charge in [-0.3, -0.25) is 9.59 Å². The Labute approximate surface area is 171 Å². The molecule has 0 amide bonds. The van der Waals surface area contributed by atoms with Gasteiger partial charge in [0.05, 0.1) is 20.8 Å². The molecule has 2 aromatic carbocycles. The highest BCUT2D eigenvalue weighted by Crippen LogP contribution is 2.36. The minimum Gasteiger partial charge on any atom is -0.497 e. The fraction of sp³-hybridized carbons (Fsp3) is 0.333. The molecule has 0 aliphatic carbocycles. The summed E-state index contributed by atoms with van der Waals surface area (Å²) in [5.41, 5.74) is -0.0421. The molecule has 1 aromatic heterocycles. The lowest BCUT2D eigenvalue weighted by Crippen LogP contribution is -2.04. The van der Waals surface area contributed by atoms with Gasteiger partial charge < -0.3 is 14.2 Å². The second kappa shape index (κ2) is 9.26. The third kappa shape index (κ3) is 4.56. The monoisotopic (exact) mass is 420 g/mol. The van der Waals surface area contributed by atoms with E-state index in [-0.39, 0.29) is 10.7 Å². The van der Waals surface area contributed by atoms with E-state index in [0.717, 1.165) is 28.7 Å². The minimum absolute atomic E-state index is 0.0421. The summed E-state index contributed by atoms with van der Waals surface area (Å²) >= 11 is 6.84. The number of carbonyl (C=O) groups excluding carboxylic acids is 1. The van der Waals surface area contributed by atoms with E-state index in [9.17, 15) is 9.59 Å². The van der Waals surface area contributed by atoms with Crippen LogP contribution in [-0.2, 0) is 4.79 Å². The predicted molar refractivity (Wildman–Crippen MR) is 114 cm³/mol. The van der Waals surface area contributed by atoms with E-state index in [1.165, 1.54) is 11.3 Å². The molecule has 0 atom stereocenters. The summed E-state index contributed by atoms with van der Waals surface area (Å²) in [6.07, 6.45) is 2.74. The Morgan fingerprint density at radius 1 is 0.964 bits per heavy atom. The second-order valence-corrected chi connectivity index (χ2v) is 7.81. The van der Waals surface area contributed by atoms with Crippen LogP contribution in [0.3, 0.4) is 0 Å². The molecule has 0 saturated heterocycles. The van der Waals surface area contributed by atoms with Gasteiger partial charge in [-0.25, -0.2) is 0 Å². The van der Waals surface area contributed by atoms with Crippen LogP contribution in [0.15, 0.2) is 35.1 Å². The average Bonchev–Trinajstić information content (AvgIpc) is 2.69. The minimum atomic E-state index is -0.314. The molecule has 7 heteroatoms. The molecule has 148 valence electrons. The number of methoxy groups -OCH3 is 2. The lowest BCUT2D eigenvalue weighted by molar-refractivity contribution is -0.111. The van der Waals surface area contributed by atoms with Crippen LogP contribution in [0.1, 0.15) is 25.7 Å². The molecule has 0 unspecified atom stereocenters. The summed E-state index contributed by atoms with van der Waals surface area (Å²) in [6.45, 7) is 0.473. The molecular weight excluding hydrogens is 400 g/mol. The van der Waals surface area contributed by atoms with Crippen molar-refractivity contribution in [3.05, 3.63) is 40.6 Å². The molecule has 28 heavy (non-hydrogen) atoms. The van der Waals surface area contributed by atoms with E-state index in [0.29, 0.717) is 41.0 Å². The molecule has 3 aromatic rings. The summed E-state index contributed by atoms with van der Waals surface area (Å²) in [5.74, 6) is 1.84. The quantitative estimate of drug-likeness (QED) is 0.272. The largest absolute Gasteiger partial charge is 0.497 e. The Bertz CT molecular complexity index is 1060. The predicted octanol–water partition coefficient (Wildman–Crippen LogP) is 5.14. The Morgan fingerprint density at radius 2 is 1.75 bits per heavy atom. The Balaban J connectivity index is 1.87. The van der Waals surface area contributed by atoms with Crippen LogP contribution in [0.4, 0.5) is 0 Å². The van der Waals surface area contributed by atoms with Crippen LogP contribution in [0.5, 0.6) is 17.2 Å². The molecule has 3 rings (SSSR count). The normalized spacial score (nSPS) is 11.0. The first-order valence-corrected chi connectivity index (χ1v) is 10.2. The van der Waals surface area contributed by atoms with Gasteiger partial charge >= 0.3 is 0 Å². The van der Waals surface area contributed by atoms with Gasteiger partial charge in [0.1, 0.15) is 5.75 Å². The van der Waals surface area contributed by atoms with Crippen molar-refractivity contribution in [2.75, 3.05) is 20.8 Å². The van der Waals surface area contributed by atoms with Gasteiger partial charge in [0.15, 0.2) is 16.9 Å². The maximum Gasteiger partial charge on any atom is 0.221 e. The third-order valence-electron chi connectivity index (χ3n) is 4.44. The number of hydrogen-bond donors (Lipinski definition) is 0. The van der Waals surface area contributed by atoms with Crippen LogP contribution < -0.4 is 19.6 Å². The van der Waals surface area contributed by atoms with Crippen molar-refractivity contribution in [1.82, 2.24) is 0 Å². The first kappa shape index (κ1) is 20.4. The third-order valence-corrected chi connectivity index (χ3v) is 5.74. The Morgan fingerprint density at radius 3 is 2.46 bits per heavy atom. The molecule has 0 saturated carbocycles. The highest BCUT2D eigenvalue weighted by Gasteiger charge is 2.13. The number of benzene rings is 2. The highest BCUT2D eigenvalue weighted by molar-refractivity contribution is 7.24. The maximum atomic E-state index is 12.9. The van der Waals surface area contributed by atoms with Gasteiger partial charge in [0.2, 0.25) is 5.24 Å². The molecule has 0 bridgehead atoms. The van der Waals surface area contributed by atoms with Crippen molar-refractivity contribution < 1.29 is 19.0 Å². The summed E-state index contributed by atoms with van der Waals surface area (Å²) in [4.78, 5) is 23.7. The van der Waals surface area contributed by atoms with Crippen molar-refractivity contribution in [3.8, 4) is 17.2 Å². The van der Waals surface area contributed by atoms with E-state index < -0.39 is 0 Å². The van der Waals surface area contributed by atoms with Gasteiger partial charge in [-0.1, -0.05) is 0 Å². The zero-order chi connectivity index (χ0) is 20.1. The van der Waals surface area contributed by atoms with Crippen LogP contribution in [-0.4, -0.2) is 26.1 Å². The molecule has 0 fully saturated rings. The van der Waals surface area contributed by atoms with Gasteiger partial charge in [0, 0.05) is 32.7 Å². The van der Waals surface area contributed by atoms with Crippen LogP contribution in [0.25, 0.3) is 20.2 Å². The number of rotatable bonds is 9. The van der Waals surface area contributed by atoms with Crippen LogP contribution in [0.2, 0.25) is 0 Å². The maximum absolute atomic E-state index is 12.9. The topological polar surface area (TPSA) is 61.8 Å². The number of hydrogen-bond acceptors (Lipinski definition) is 6. The molecule has 0 N–H and O–H groups in total. The highest BCUT2D eigenvalue weighted by atomic mass is 35.5. The molecule has 0 aliphatic heterocycles. The Hall–Kier alpha value is -2.31. The molecule has 0 radical (unpaired) electrons. The first-order valence-electron chi connectivity index (χ1n) is 8.97. The van der Waals surface area contributed by atoms with E-state index in [1.807, 2.05) is 12.1 Å². The van der Waals surface area contributed by atoms with E-state index in [1.54, 1.807) is 32.4 Å². The second-order valence-electron chi connectivity index (χ2n) is 6.31. The first-order chi connectivity index (χ1) is 13.5. The van der Waals surface area contributed by atoms with Crippen LogP contribution >= 0.6 is 22.9 Å². The van der Waals surface area contributed by atoms with E-state index in [2.05, 4.69) is 0 Å². The van der Waals surface area contributed by atoms with Gasteiger partial charge in [-0.15, -0.1) is 11.3 Å². The number of carbonyl (C=O) groups is 1. The number of fused-ring (bicyclic) bond motifs is 2. The summed E-state index contributed by atoms with van der Waals surface area (Å²) in [5, 5.41) is 0.942. The lowest BCUT2D eigenvalue weighted by atomic mass is 10.1.